The van der Waals surface area contributed by atoms with E-state index in [1.807, 2.05) is 0 Å². The van der Waals surface area contributed by atoms with Crippen LogP contribution in [-0.2, 0) is 9.59 Å². The van der Waals surface area contributed by atoms with Crippen molar-refractivity contribution < 1.29 is 24.9 Å². The van der Waals surface area contributed by atoms with E-state index in [2.05, 4.69) is 12.2 Å². The van der Waals surface area contributed by atoms with Crippen LogP contribution >= 0.6 is 0 Å². The predicted molar refractivity (Wildman–Crippen MR) is 70.7 cm³/mol. The summed E-state index contributed by atoms with van der Waals surface area (Å²) in [6.45, 7) is 2.54. The molecule has 0 aliphatic heterocycles. The van der Waals surface area contributed by atoms with E-state index in [1.54, 1.807) is 0 Å². The minimum absolute atomic E-state index is 0.385. The molecule has 6 nitrogen and oxygen atoms in total. The Hall–Kier alpha value is -1.14. The lowest BCUT2D eigenvalue weighted by Crippen LogP contribution is -2.45. The normalized spacial score (nSPS) is 13.8. The van der Waals surface area contributed by atoms with Crippen LogP contribution in [0.5, 0.6) is 0 Å². The summed E-state index contributed by atoms with van der Waals surface area (Å²) in [4.78, 5) is 21.6. The molecule has 0 saturated carbocycles. The molecule has 4 N–H and O–H groups in total. The molecular weight excluding hydrogens is 250 g/mol. The number of hydrogen-bond donors (Lipinski definition) is 4. The highest BCUT2D eigenvalue weighted by molar-refractivity contribution is 5.87. The van der Waals surface area contributed by atoms with Crippen LogP contribution in [0.2, 0.25) is 0 Å². The molecule has 0 heterocycles. The average molecular weight is 275 g/mol. The van der Waals surface area contributed by atoms with Crippen LogP contribution in [0.3, 0.4) is 0 Å². The number of carboxylic acid groups (broad SMARTS) is 1. The molecule has 2 atom stereocenters. The summed E-state index contributed by atoms with van der Waals surface area (Å²) in [5.41, 5.74) is 0. The van der Waals surface area contributed by atoms with E-state index in [-0.39, 0.29) is 0 Å². The fourth-order valence-corrected chi connectivity index (χ4v) is 1.68. The van der Waals surface area contributed by atoms with Gasteiger partial charge in [0.05, 0.1) is 0 Å². The minimum atomic E-state index is -2.07. The molecule has 0 aromatic carbocycles. The number of nitrogens with one attached hydrogen (secondary N) is 1. The molecule has 0 aliphatic carbocycles. The van der Waals surface area contributed by atoms with E-state index in [0.29, 0.717) is 6.54 Å². The SMILES string of the molecule is CCCCCCCCCNC(=O)C(O)C(O)C(=O)O. The van der Waals surface area contributed by atoms with Crippen molar-refractivity contribution in [3.8, 4) is 0 Å². The number of aliphatic carboxylic acids is 1. The first-order chi connectivity index (χ1) is 9.00. The Bertz CT molecular complexity index is 270. The van der Waals surface area contributed by atoms with Crippen molar-refractivity contribution in [1.29, 1.82) is 0 Å². The first kappa shape index (κ1) is 17.9. The lowest BCUT2D eigenvalue weighted by molar-refractivity contribution is -0.158. The Morgan fingerprint density at radius 3 is 2.00 bits per heavy atom. The molecule has 0 spiro atoms. The summed E-state index contributed by atoms with van der Waals surface area (Å²) in [6.07, 6.45) is 3.76. The molecular formula is C13H25NO5. The van der Waals surface area contributed by atoms with Crippen molar-refractivity contribution in [2.75, 3.05) is 6.54 Å². The standard InChI is InChI=1S/C13H25NO5/c1-2-3-4-5-6-7-8-9-14-12(17)10(15)11(16)13(18)19/h10-11,15-16H,2-9H2,1H3,(H,14,17)(H,18,19). The Balaban J connectivity index is 3.55. The Kier molecular flexibility index (Phi) is 10.1. The average Bonchev–Trinajstić information content (AvgIpc) is 2.39. The molecule has 0 aromatic rings. The second kappa shape index (κ2) is 10.8. The lowest BCUT2D eigenvalue weighted by Gasteiger charge is -2.13. The van der Waals surface area contributed by atoms with Gasteiger partial charge in [-0.3, -0.25) is 4.79 Å². The van der Waals surface area contributed by atoms with Crippen molar-refractivity contribution in [3.05, 3.63) is 0 Å². The molecule has 2 unspecified atom stereocenters. The zero-order valence-electron chi connectivity index (χ0n) is 11.5. The molecule has 0 aliphatic rings. The van der Waals surface area contributed by atoms with Crippen LogP contribution in [0, 0.1) is 0 Å². The largest absolute Gasteiger partial charge is 0.479 e. The van der Waals surface area contributed by atoms with E-state index in [0.717, 1.165) is 19.3 Å². The molecule has 0 saturated heterocycles. The van der Waals surface area contributed by atoms with Crippen molar-refractivity contribution >= 4 is 11.9 Å². The zero-order chi connectivity index (χ0) is 14.7. The first-order valence-electron chi connectivity index (χ1n) is 6.87. The highest BCUT2D eigenvalue weighted by Gasteiger charge is 2.29. The van der Waals surface area contributed by atoms with Gasteiger partial charge >= 0.3 is 5.97 Å². The van der Waals surface area contributed by atoms with Gasteiger partial charge in [-0.25, -0.2) is 4.79 Å². The predicted octanol–water partition coefficient (Wildman–Crippen LogP) is 0.660. The molecule has 0 fully saturated rings. The van der Waals surface area contributed by atoms with Crippen molar-refractivity contribution in [2.45, 2.75) is 64.1 Å². The maximum Gasteiger partial charge on any atom is 0.335 e. The van der Waals surface area contributed by atoms with E-state index in [1.165, 1.54) is 25.7 Å². The minimum Gasteiger partial charge on any atom is -0.479 e. The van der Waals surface area contributed by atoms with Gasteiger partial charge in [0.2, 0.25) is 0 Å². The first-order valence-corrected chi connectivity index (χ1v) is 6.87. The van der Waals surface area contributed by atoms with Gasteiger partial charge in [-0.2, -0.15) is 0 Å². The Morgan fingerprint density at radius 2 is 1.47 bits per heavy atom. The number of carbonyl (C=O) groups is 2. The van der Waals surface area contributed by atoms with Crippen molar-refractivity contribution in [3.63, 3.8) is 0 Å². The number of carbonyl (C=O) groups excluding carboxylic acids is 1. The van der Waals surface area contributed by atoms with Crippen molar-refractivity contribution in [1.82, 2.24) is 5.32 Å². The Morgan fingerprint density at radius 1 is 0.947 bits per heavy atom. The van der Waals surface area contributed by atoms with E-state index >= 15 is 0 Å². The van der Waals surface area contributed by atoms with Gasteiger partial charge < -0.3 is 20.6 Å². The molecule has 19 heavy (non-hydrogen) atoms. The van der Waals surface area contributed by atoms with Gasteiger partial charge in [0.25, 0.3) is 5.91 Å². The molecule has 0 radical (unpaired) electrons. The fourth-order valence-electron chi connectivity index (χ4n) is 1.68. The van der Waals surface area contributed by atoms with Gasteiger partial charge in [0.1, 0.15) is 0 Å². The summed E-state index contributed by atoms with van der Waals surface area (Å²) in [5, 5.41) is 29.0. The number of unbranched alkanes of at least 4 members (excludes halogenated alkanes) is 6. The van der Waals surface area contributed by atoms with Gasteiger partial charge in [-0.1, -0.05) is 45.4 Å². The van der Waals surface area contributed by atoms with Crippen LogP contribution < -0.4 is 5.32 Å². The lowest BCUT2D eigenvalue weighted by atomic mass is 10.1. The quantitative estimate of drug-likeness (QED) is 0.414. The summed E-state index contributed by atoms with van der Waals surface area (Å²) >= 11 is 0. The third-order valence-electron chi connectivity index (χ3n) is 2.90. The second-order valence-electron chi connectivity index (χ2n) is 4.64. The van der Waals surface area contributed by atoms with Crippen LogP contribution in [0.1, 0.15) is 51.9 Å². The number of hydrogen-bond acceptors (Lipinski definition) is 4. The third-order valence-corrected chi connectivity index (χ3v) is 2.90. The summed E-state index contributed by atoms with van der Waals surface area (Å²) < 4.78 is 0. The molecule has 6 heteroatoms. The van der Waals surface area contributed by atoms with Gasteiger partial charge in [0, 0.05) is 6.54 Å². The third kappa shape index (κ3) is 8.56. The van der Waals surface area contributed by atoms with E-state index in [9.17, 15) is 14.7 Å². The number of rotatable bonds is 11. The summed E-state index contributed by atoms with van der Waals surface area (Å²) in [6, 6.07) is 0. The monoisotopic (exact) mass is 275 g/mol. The van der Waals surface area contributed by atoms with E-state index < -0.39 is 24.1 Å². The number of aliphatic hydroxyl groups is 2. The van der Waals surface area contributed by atoms with Crippen molar-refractivity contribution in [2.24, 2.45) is 0 Å². The molecule has 0 rings (SSSR count). The van der Waals surface area contributed by atoms with Crippen LogP contribution in [0.15, 0.2) is 0 Å². The summed E-state index contributed by atoms with van der Waals surface area (Å²) in [7, 11) is 0. The van der Waals surface area contributed by atoms with Gasteiger partial charge in [0.15, 0.2) is 12.2 Å². The number of amides is 1. The van der Waals surface area contributed by atoms with Gasteiger partial charge in [-0.05, 0) is 6.42 Å². The smallest absolute Gasteiger partial charge is 0.335 e. The maximum atomic E-state index is 11.3. The molecule has 0 bridgehead atoms. The maximum absolute atomic E-state index is 11.3. The summed E-state index contributed by atoms with van der Waals surface area (Å²) in [5.74, 6) is -2.46. The molecule has 0 aromatic heterocycles. The highest BCUT2D eigenvalue weighted by atomic mass is 16.4. The van der Waals surface area contributed by atoms with E-state index in [4.69, 9.17) is 10.2 Å². The fraction of sp³-hybridized carbons (Fsp3) is 0.846. The highest BCUT2D eigenvalue weighted by Crippen LogP contribution is 2.06. The van der Waals surface area contributed by atoms with Crippen LogP contribution in [0.4, 0.5) is 0 Å². The number of carboxylic acids is 1. The topological polar surface area (TPSA) is 107 Å². The molecule has 1 amide bonds. The Labute approximate surface area is 113 Å². The van der Waals surface area contributed by atoms with Crippen LogP contribution in [0.25, 0.3) is 0 Å². The number of aliphatic hydroxyl groups excluding tert-OH is 2. The van der Waals surface area contributed by atoms with Gasteiger partial charge in [-0.15, -0.1) is 0 Å². The second-order valence-corrected chi connectivity index (χ2v) is 4.64. The molecule has 112 valence electrons. The van der Waals surface area contributed by atoms with Crippen LogP contribution in [-0.4, -0.2) is 45.9 Å². The zero-order valence-corrected chi connectivity index (χ0v) is 11.5.